The third-order valence-corrected chi connectivity index (χ3v) is 2.84. The summed E-state index contributed by atoms with van der Waals surface area (Å²) in [4.78, 5) is 10.7. The van der Waals surface area contributed by atoms with E-state index in [1.54, 1.807) is 32.0 Å². The van der Waals surface area contributed by atoms with Crippen molar-refractivity contribution >= 4 is 6.29 Å². The van der Waals surface area contributed by atoms with Gasteiger partial charge in [0.1, 0.15) is 0 Å². The highest BCUT2D eigenvalue weighted by molar-refractivity contribution is 5.77. The molecule has 3 nitrogen and oxygen atoms in total. The van der Waals surface area contributed by atoms with E-state index in [4.69, 9.17) is 0 Å². The van der Waals surface area contributed by atoms with Crippen molar-refractivity contribution in [2.24, 2.45) is 0 Å². The van der Waals surface area contributed by atoms with Crippen molar-refractivity contribution in [3.8, 4) is 5.69 Å². The molecular formula is C13H11F3N2O. The topological polar surface area (TPSA) is 34.9 Å². The van der Waals surface area contributed by atoms with Gasteiger partial charge in [0.2, 0.25) is 0 Å². The van der Waals surface area contributed by atoms with E-state index in [2.05, 4.69) is 5.10 Å². The summed E-state index contributed by atoms with van der Waals surface area (Å²) in [7, 11) is 0. The van der Waals surface area contributed by atoms with E-state index in [0.29, 0.717) is 16.8 Å². The molecule has 0 spiro atoms. The van der Waals surface area contributed by atoms with E-state index >= 15 is 0 Å². The first-order valence-electron chi connectivity index (χ1n) is 5.53. The molecule has 0 aliphatic heterocycles. The number of carbonyl (C=O) groups is 1. The maximum absolute atomic E-state index is 13.1. The first kappa shape index (κ1) is 13.3. The van der Waals surface area contributed by atoms with Gasteiger partial charge in [0.05, 0.1) is 17.4 Å². The number of alkyl halides is 3. The lowest BCUT2D eigenvalue weighted by atomic mass is 10.1. The summed E-state index contributed by atoms with van der Waals surface area (Å²) in [6.45, 7) is 3.40. The van der Waals surface area contributed by atoms with Crippen LogP contribution in [0.5, 0.6) is 0 Å². The second kappa shape index (κ2) is 4.53. The monoisotopic (exact) mass is 268 g/mol. The van der Waals surface area contributed by atoms with E-state index in [-0.39, 0.29) is 6.29 Å². The Morgan fingerprint density at radius 1 is 1.21 bits per heavy atom. The number of aryl methyl sites for hydroxylation is 2. The molecule has 0 N–H and O–H groups in total. The molecule has 0 atom stereocenters. The number of rotatable bonds is 2. The van der Waals surface area contributed by atoms with Crippen molar-refractivity contribution in [3.63, 3.8) is 0 Å². The van der Waals surface area contributed by atoms with E-state index in [1.807, 2.05) is 0 Å². The molecule has 0 amide bonds. The van der Waals surface area contributed by atoms with Crippen LogP contribution in [0.4, 0.5) is 13.2 Å². The Morgan fingerprint density at radius 2 is 1.79 bits per heavy atom. The van der Waals surface area contributed by atoms with Crippen LogP contribution < -0.4 is 0 Å². The molecule has 0 saturated heterocycles. The molecule has 1 heterocycles. The highest BCUT2D eigenvalue weighted by atomic mass is 19.4. The van der Waals surface area contributed by atoms with Gasteiger partial charge in [-0.3, -0.25) is 4.79 Å². The van der Waals surface area contributed by atoms with Gasteiger partial charge in [-0.15, -0.1) is 0 Å². The molecule has 100 valence electrons. The summed E-state index contributed by atoms with van der Waals surface area (Å²) in [5.41, 5.74) is 0.162. The third-order valence-electron chi connectivity index (χ3n) is 2.84. The van der Waals surface area contributed by atoms with E-state index in [0.717, 1.165) is 10.9 Å². The zero-order valence-corrected chi connectivity index (χ0v) is 10.3. The Morgan fingerprint density at radius 3 is 2.26 bits per heavy atom. The molecule has 0 aliphatic rings. The van der Waals surface area contributed by atoms with Crippen LogP contribution in [0.2, 0.25) is 0 Å². The first-order valence-corrected chi connectivity index (χ1v) is 5.53. The van der Waals surface area contributed by atoms with Crippen LogP contribution in [-0.4, -0.2) is 16.1 Å². The lowest BCUT2D eigenvalue weighted by molar-refractivity contribution is -0.143. The number of hydrogen-bond donors (Lipinski definition) is 0. The van der Waals surface area contributed by atoms with Crippen molar-refractivity contribution in [1.82, 2.24) is 9.78 Å². The molecule has 2 aromatic rings. The Bertz CT molecular complexity index is 609. The molecule has 0 saturated carbocycles. The number of benzene rings is 1. The largest absolute Gasteiger partial charge is 0.434 e. The van der Waals surface area contributed by atoms with Crippen LogP contribution >= 0.6 is 0 Å². The highest BCUT2D eigenvalue weighted by Crippen LogP contribution is 2.34. The van der Waals surface area contributed by atoms with Crippen LogP contribution in [0, 0.1) is 13.8 Å². The zero-order chi connectivity index (χ0) is 14.2. The number of halogens is 3. The number of hydrogen-bond acceptors (Lipinski definition) is 2. The summed E-state index contributed by atoms with van der Waals surface area (Å²) in [6.07, 6.45) is -3.54. The Balaban J connectivity index is 2.77. The second-order valence-electron chi connectivity index (χ2n) is 4.22. The molecule has 0 bridgehead atoms. The van der Waals surface area contributed by atoms with Crippen molar-refractivity contribution in [2.75, 3.05) is 0 Å². The van der Waals surface area contributed by atoms with Gasteiger partial charge in [-0.1, -0.05) is 18.2 Å². The van der Waals surface area contributed by atoms with Gasteiger partial charge in [0.25, 0.3) is 0 Å². The molecule has 19 heavy (non-hydrogen) atoms. The van der Waals surface area contributed by atoms with E-state index in [1.165, 1.54) is 0 Å². The van der Waals surface area contributed by atoms with Gasteiger partial charge in [0.15, 0.2) is 12.0 Å². The van der Waals surface area contributed by atoms with Crippen LogP contribution in [0.3, 0.4) is 0 Å². The van der Waals surface area contributed by atoms with Crippen molar-refractivity contribution in [3.05, 3.63) is 46.8 Å². The fourth-order valence-electron chi connectivity index (χ4n) is 2.04. The van der Waals surface area contributed by atoms with Gasteiger partial charge in [0, 0.05) is 0 Å². The first-order chi connectivity index (χ1) is 8.86. The summed E-state index contributed by atoms with van der Waals surface area (Å²) in [5, 5.41) is 3.71. The number of para-hydroxylation sites is 1. The molecule has 0 fully saturated rings. The molecule has 2 rings (SSSR count). The summed E-state index contributed by atoms with van der Waals surface area (Å²) >= 11 is 0. The molecule has 0 radical (unpaired) electrons. The zero-order valence-electron chi connectivity index (χ0n) is 10.3. The number of aromatic nitrogens is 2. The fraction of sp³-hybridized carbons (Fsp3) is 0.231. The maximum Gasteiger partial charge on any atom is 0.434 e. The van der Waals surface area contributed by atoms with Gasteiger partial charge in [-0.25, -0.2) is 4.68 Å². The minimum atomic E-state index is -4.64. The molecule has 0 aliphatic carbocycles. The van der Waals surface area contributed by atoms with Crippen LogP contribution in [0.25, 0.3) is 5.69 Å². The van der Waals surface area contributed by atoms with Crippen LogP contribution in [0.1, 0.15) is 27.2 Å². The smallest absolute Gasteiger partial charge is 0.298 e. The predicted octanol–water partition coefficient (Wildman–Crippen LogP) is 3.32. The van der Waals surface area contributed by atoms with E-state index < -0.39 is 17.4 Å². The Labute approximate surface area is 107 Å². The minimum Gasteiger partial charge on any atom is -0.298 e. The van der Waals surface area contributed by atoms with Crippen molar-refractivity contribution < 1.29 is 18.0 Å². The van der Waals surface area contributed by atoms with Crippen molar-refractivity contribution in [2.45, 2.75) is 20.0 Å². The highest BCUT2D eigenvalue weighted by Gasteiger charge is 2.39. The van der Waals surface area contributed by atoms with Crippen LogP contribution in [-0.2, 0) is 6.18 Å². The molecule has 6 heteroatoms. The van der Waals surface area contributed by atoms with Crippen molar-refractivity contribution in [1.29, 1.82) is 0 Å². The number of nitrogens with zero attached hydrogens (tertiary/aromatic N) is 2. The molecule has 0 unspecified atom stereocenters. The van der Waals surface area contributed by atoms with Gasteiger partial charge in [-0.2, -0.15) is 18.3 Å². The second-order valence-corrected chi connectivity index (χ2v) is 4.22. The van der Waals surface area contributed by atoms with Gasteiger partial charge >= 0.3 is 6.18 Å². The number of carbonyl (C=O) groups excluding carboxylic acids is 1. The normalized spacial score (nSPS) is 11.6. The predicted molar refractivity (Wildman–Crippen MR) is 63.4 cm³/mol. The Kier molecular flexibility index (Phi) is 3.18. The average molecular weight is 268 g/mol. The summed E-state index contributed by atoms with van der Waals surface area (Å²) < 4.78 is 40.0. The van der Waals surface area contributed by atoms with E-state index in [9.17, 15) is 18.0 Å². The molecule has 1 aromatic heterocycles. The lowest BCUT2D eigenvalue weighted by Gasteiger charge is -2.15. The third kappa shape index (κ3) is 2.25. The quantitative estimate of drug-likeness (QED) is 0.783. The van der Waals surface area contributed by atoms with Gasteiger partial charge in [-0.05, 0) is 25.0 Å². The van der Waals surface area contributed by atoms with Gasteiger partial charge < -0.3 is 0 Å². The SMILES string of the molecule is Cc1cccc(C)c1-n1ncc(C=O)c1C(F)(F)F. The average Bonchev–Trinajstić information content (AvgIpc) is 2.72. The molecule has 1 aromatic carbocycles. The maximum atomic E-state index is 13.1. The van der Waals surface area contributed by atoms with Crippen LogP contribution in [0.15, 0.2) is 24.4 Å². The number of aldehydes is 1. The molecular weight excluding hydrogens is 257 g/mol. The standard InChI is InChI=1S/C13H11F3N2O/c1-8-4-3-5-9(2)11(8)18-12(13(14,15)16)10(7-19)6-17-18/h3-7H,1-2H3. The summed E-state index contributed by atoms with van der Waals surface area (Å²) in [6, 6.07) is 5.15. The fourth-order valence-corrected chi connectivity index (χ4v) is 2.04. The minimum absolute atomic E-state index is 0.167. The Hall–Kier alpha value is -2.11. The summed E-state index contributed by atoms with van der Waals surface area (Å²) in [5.74, 6) is 0. The lowest BCUT2D eigenvalue weighted by Crippen LogP contribution is -2.16.